The summed E-state index contributed by atoms with van der Waals surface area (Å²) >= 11 is 0. The van der Waals surface area contributed by atoms with Gasteiger partial charge in [-0.25, -0.2) is 4.98 Å². The summed E-state index contributed by atoms with van der Waals surface area (Å²) in [6.45, 7) is 0. The van der Waals surface area contributed by atoms with Gasteiger partial charge >= 0.3 is 0 Å². The third-order valence-corrected chi connectivity index (χ3v) is 4.03. The van der Waals surface area contributed by atoms with Gasteiger partial charge in [-0.1, -0.05) is 48.5 Å². The van der Waals surface area contributed by atoms with Crippen molar-refractivity contribution in [1.82, 2.24) is 9.97 Å². The van der Waals surface area contributed by atoms with Crippen molar-refractivity contribution in [3.8, 4) is 11.4 Å². The number of furan rings is 1. The van der Waals surface area contributed by atoms with E-state index in [2.05, 4.69) is 34.2 Å². The van der Waals surface area contributed by atoms with E-state index < -0.39 is 0 Å². The van der Waals surface area contributed by atoms with Crippen molar-refractivity contribution in [1.29, 1.82) is 0 Å². The maximum absolute atomic E-state index is 5.92. The first-order valence-corrected chi connectivity index (χ1v) is 7.25. The van der Waals surface area contributed by atoms with Crippen molar-refractivity contribution in [3.63, 3.8) is 0 Å². The zero-order chi connectivity index (χ0) is 14.5. The molecule has 5 rings (SSSR count). The Morgan fingerprint density at radius 3 is 2.50 bits per heavy atom. The Labute approximate surface area is 126 Å². The lowest BCUT2D eigenvalue weighted by Gasteiger charge is -1.93. The average Bonchev–Trinajstić information content (AvgIpc) is 3.14. The SMILES string of the molecule is c1ccc(-c2nc3cc4oc5ccccc5c4cc3[nH]2)cc1. The largest absolute Gasteiger partial charge is 0.456 e. The third-order valence-electron chi connectivity index (χ3n) is 4.03. The van der Waals surface area contributed by atoms with Gasteiger partial charge in [-0.3, -0.25) is 0 Å². The molecular formula is C19H12N2O. The van der Waals surface area contributed by atoms with Gasteiger partial charge in [0.15, 0.2) is 0 Å². The molecule has 0 amide bonds. The molecule has 0 unspecified atom stereocenters. The van der Waals surface area contributed by atoms with Crippen LogP contribution < -0.4 is 0 Å². The monoisotopic (exact) mass is 284 g/mol. The highest BCUT2D eigenvalue weighted by Crippen LogP contribution is 2.32. The number of imidazole rings is 1. The van der Waals surface area contributed by atoms with Crippen molar-refractivity contribution in [2.45, 2.75) is 0 Å². The number of aromatic nitrogens is 2. The number of fused-ring (bicyclic) bond motifs is 4. The van der Waals surface area contributed by atoms with Gasteiger partial charge in [0.05, 0.1) is 11.0 Å². The molecule has 2 aromatic heterocycles. The van der Waals surface area contributed by atoms with E-state index in [1.807, 2.05) is 42.5 Å². The fourth-order valence-corrected chi connectivity index (χ4v) is 2.96. The number of hydrogen-bond donors (Lipinski definition) is 1. The number of nitrogens with zero attached hydrogens (tertiary/aromatic N) is 1. The zero-order valence-electron chi connectivity index (χ0n) is 11.7. The van der Waals surface area contributed by atoms with E-state index in [1.165, 1.54) is 0 Å². The van der Waals surface area contributed by atoms with Crippen LogP contribution in [0.3, 0.4) is 0 Å². The molecule has 0 aliphatic carbocycles. The first-order valence-electron chi connectivity index (χ1n) is 7.25. The normalized spacial score (nSPS) is 11.6. The predicted molar refractivity (Wildman–Crippen MR) is 88.8 cm³/mol. The van der Waals surface area contributed by atoms with E-state index >= 15 is 0 Å². The minimum absolute atomic E-state index is 0.875. The van der Waals surface area contributed by atoms with Crippen LogP contribution in [-0.2, 0) is 0 Å². The Bertz CT molecular complexity index is 1120. The molecule has 0 saturated carbocycles. The van der Waals surface area contributed by atoms with Gasteiger partial charge in [0.2, 0.25) is 0 Å². The van der Waals surface area contributed by atoms with Gasteiger partial charge in [0.25, 0.3) is 0 Å². The highest BCUT2D eigenvalue weighted by Gasteiger charge is 2.11. The minimum atomic E-state index is 0.875. The summed E-state index contributed by atoms with van der Waals surface area (Å²) in [5, 5.41) is 2.25. The summed E-state index contributed by atoms with van der Waals surface area (Å²) in [7, 11) is 0. The van der Waals surface area contributed by atoms with Crippen LogP contribution in [0, 0.1) is 0 Å². The van der Waals surface area contributed by atoms with Crippen LogP contribution in [0.15, 0.2) is 71.1 Å². The van der Waals surface area contributed by atoms with Gasteiger partial charge in [0, 0.05) is 22.4 Å². The number of benzene rings is 3. The second kappa shape index (κ2) is 4.21. The molecule has 3 nitrogen and oxygen atoms in total. The molecule has 1 N–H and O–H groups in total. The number of rotatable bonds is 1. The van der Waals surface area contributed by atoms with Crippen LogP contribution in [0.5, 0.6) is 0 Å². The smallest absolute Gasteiger partial charge is 0.138 e. The molecule has 0 radical (unpaired) electrons. The van der Waals surface area contributed by atoms with Crippen molar-refractivity contribution in [2.24, 2.45) is 0 Å². The topological polar surface area (TPSA) is 41.8 Å². The standard InChI is InChI=1S/C19H12N2O/c1-2-6-12(7-3-1)19-20-15-10-14-13-8-4-5-9-17(13)22-18(14)11-16(15)21-19/h1-11H,(H,20,21). The van der Waals surface area contributed by atoms with Crippen LogP contribution >= 0.6 is 0 Å². The molecule has 0 aliphatic heterocycles. The summed E-state index contributed by atoms with van der Waals surface area (Å²) in [6, 6.07) is 22.4. The molecule has 2 heterocycles. The molecule has 0 saturated heterocycles. The summed E-state index contributed by atoms with van der Waals surface area (Å²) < 4.78 is 5.92. The fraction of sp³-hybridized carbons (Fsp3) is 0. The summed E-state index contributed by atoms with van der Waals surface area (Å²) in [6.07, 6.45) is 0. The van der Waals surface area contributed by atoms with Gasteiger partial charge in [0.1, 0.15) is 17.0 Å². The van der Waals surface area contributed by atoms with Crippen molar-refractivity contribution >= 4 is 33.0 Å². The molecule has 0 fully saturated rings. The Balaban J connectivity index is 1.81. The number of aromatic amines is 1. The maximum Gasteiger partial charge on any atom is 0.138 e. The van der Waals surface area contributed by atoms with Gasteiger partial charge in [-0.2, -0.15) is 0 Å². The Morgan fingerprint density at radius 1 is 0.773 bits per heavy atom. The number of H-pyrrole nitrogens is 1. The Kier molecular flexibility index (Phi) is 2.22. The first kappa shape index (κ1) is 11.6. The molecule has 0 aliphatic rings. The van der Waals surface area contributed by atoms with Gasteiger partial charge in [-0.15, -0.1) is 0 Å². The fourth-order valence-electron chi connectivity index (χ4n) is 2.96. The number of nitrogens with one attached hydrogen (secondary N) is 1. The molecular weight excluding hydrogens is 272 g/mol. The maximum atomic E-state index is 5.92. The predicted octanol–water partition coefficient (Wildman–Crippen LogP) is 5.13. The van der Waals surface area contributed by atoms with E-state index in [0.717, 1.165) is 44.4 Å². The lowest BCUT2D eigenvalue weighted by atomic mass is 10.1. The molecule has 3 heteroatoms. The quantitative estimate of drug-likeness (QED) is 0.463. The summed E-state index contributed by atoms with van der Waals surface area (Å²) in [5.41, 5.74) is 4.82. The molecule has 5 aromatic rings. The van der Waals surface area contributed by atoms with E-state index in [0.29, 0.717) is 0 Å². The zero-order valence-corrected chi connectivity index (χ0v) is 11.7. The van der Waals surface area contributed by atoms with Gasteiger partial charge in [-0.05, 0) is 12.1 Å². The molecule has 22 heavy (non-hydrogen) atoms. The molecule has 104 valence electrons. The van der Waals surface area contributed by atoms with Crippen LogP contribution in [-0.4, -0.2) is 9.97 Å². The van der Waals surface area contributed by atoms with Crippen LogP contribution in [0.1, 0.15) is 0 Å². The highest BCUT2D eigenvalue weighted by molar-refractivity contribution is 6.09. The molecule has 0 bridgehead atoms. The van der Waals surface area contributed by atoms with E-state index in [1.54, 1.807) is 0 Å². The minimum Gasteiger partial charge on any atom is -0.456 e. The third kappa shape index (κ3) is 1.59. The van der Waals surface area contributed by atoms with E-state index in [-0.39, 0.29) is 0 Å². The second-order valence-corrected chi connectivity index (χ2v) is 5.42. The van der Waals surface area contributed by atoms with E-state index in [4.69, 9.17) is 4.42 Å². The lowest BCUT2D eigenvalue weighted by Crippen LogP contribution is -1.77. The highest BCUT2D eigenvalue weighted by atomic mass is 16.3. The summed E-state index contributed by atoms with van der Waals surface area (Å²) in [5.74, 6) is 0.882. The van der Waals surface area contributed by atoms with Gasteiger partial charge < -0.3 is 9.40 Å². The van der Waals surface area contributed by atoms with Crippen molar-refractivity contribution in [2.75, 3.05) is 0 Å². The van der Waals surface area contributed by atoms with Crippen LogP contribution in [0.2, 0.25) is 0 Å². The number of hydrogen-bond acceptors (Lipinski definition) is 2. The van der Waals surface area contributed by atoms with Crippen LogP contribution in [0.4, 0.5) is 0 Å². The second-order valence-electron chi connectivity index (χ2n) is 5.42. The average molecular weight is 284 g/mol. The first-order chi connectivity index (χ1) is 10.9. The van der Waals surface area contributed by atoms with Crippen LogP contribution in [0.25, 0.3) is 44.4 Å². The lowest BCUT2D eigenvalue weighted by molar-refractivity contribution is 0.669. The molecule has 0 spiro atoms. The number of para-hydroxylation sites is 1. The van der Waals surface area contributed by atoms with Crippen molar-refractivity contribution < 1.29 is 4.42 Å². The Morgan fingerprint density at radius 2 is 1.59 bits per heavy atom. The molecule has 0 atom stereocenters. The summed E-state index contributed by atoms with van der Waals surface area (Å²) in [4.78, 5) is 8.09. The molecule has 3 aromatic carbocycles. The Hall–Kier alpha value is -3.07. The van der Waals surface area contributed by atoms with Crippen molar-refractivity contribution in [3.05, 3.63) is 66.7 Å². The van der Waals surface area contributed by atoms with E-state index in [9.17, 15) is 0 Å².